The minimum absolute atomic E-state index is 0.246. The molecule has 1 unspecified atom stereocenters. The van der Waals surface area contributed by atoms with Crippen LogP contribution in [0.2, 0.25) is 5.02 Å². The Hall–Kier alpha value is -0.770. The third-order valence-electron chi connectivity index (χ3n) is 4.39. The molecule has 0 aliphatic carbocycles. The summed E-state index contributed by atoms with van der Waals surface area (Å²) in [7, 11) is 0. The van der Waals surface area contributed by atoms with Gasteiger partial charge in [0.25, 0.3) is 0 Å². The van der Waals surface area contributed by atoms with E-state index < -0.39 is 0 Å². The van der Waals surface area contributed by atoms with Gasteiger partial charge in [-0.25, -0.2) is 0 Å². The van der Waals surface area contributed by atoms with Crippen LogP contribution in [-0.4, -0.2) is 47.1 Å². The molecular weight excluding hydrogens is 260 g/mol. The van der Waals surface area contributed by atoms with Crippen molar-refractivity contribution in [2.45, 2.75) is 31.8 Å². The fraction of sp³-hybridized carbons (Fsp3) is 0.600. The maximum atomic E-state index is 9.99. The first-order valence-corrected chi connectivity index (χ1v) is 7.54. The average molecular weight is 281 g/mol. The largest absolute Gasteiger partial charge is 0.506 e. The lowest BCUT2D eigenvalue weighted by Gasteiger charge is -2.44. The molecule has 4 heteroatoms. The first-order valence-electron chi connectivity index (χ1n) is 7.17. The van der Waals surface area contributed by atoms with E-state index in [4.69, 9.17) is 11.6 Å². The monoisotopic (exact) mass is 280 g/mol. The highest BCUT2D eigenvalue weighted by atomic mass is 35.5. The number of rotatable bonds is 2. The molecule has 2 aliphatic rings. The van der Waals surface area contributed by atoms with E-state index in [-0.39, 0.29) is 5.75 Å². The van der Waals surface area contributed by atoms with Gasteiger partial charge in [-0.15, -0.1) is 0 Å². The third-order valence-corrected chi connectivity index (χ3v) is 4.69. The summed E-state index contributed by atoms with van der Waals surface area (Å²) >= 11 is 5.97. The van der Waals surface area contributed by atoms with Crippen molar-refractivity contribution in [2.75, 3.05) is 26.2 Å². The lowest BCUT2D eigenvalue weighted by molar-refractivity contribution is 0.0453. The van der Waals surface area contributed by atoms with E-state index in [0.29, 0.717) is 11.1 Å². The van der Waals surface area contributed by atoms with Gasteiger partial charge in [0.05, 0.1) is 5.02 Å². The number of benzene rings is 1. The number of fused-ring (bicyclic) bond motifs is 1. The quantitative estimate of drug-likeness (QED) is 0.902. The van der Waals surface area contributed by atoms with Gasteiger partial charge in [-0.1, -0.05) is 30.2 Å². The van der Waals surface area contributed by atoms with Crippen LogP contribution in [0.25, 0.3) is 0 Å². The van der Waals surface area contributed by atoms with Gasteiger partial charge in [0.2, 0.25) is 0 Å². The molecular formula is C15H21ClN2O. The molecule has 0 aromatic heterocycles. The second-order valence-electron chi connectivity index (χ2n) is 5.67. The predicted octanol–water partition coefficient (Wildman–Crippen LogP) is 2.72. The Morgan fingerprint density at radius 1 is 1.21 bits per heavy atom. The van der Waals surface area contributed by atoms with Crippen molar-refractivity contribution in [3.8, 4) is 5.75 Å². The molecule has 0 amide bonds. The van der Waals surface area contributed by atoms with Gasteiger partial charge in [-0.2, -0.15) is 0 Å². The fourth-order valence-electron chi connectivity index (χ4n) is 3.29. The first kappa shape index (κ1) is 13.2. The van der Waals surface area contributed by atoms with Crippen LogP contribution >= 0.6 is 11.6 Å². The molecule has 104 valence electrons. The molecule has 2 saturated heterocycles. The number of phenolic OH excluding ortho intramolecular Hbond substituents is 1. The number of phenols is 1. The maximum Gasteiger partial charge on any atom is 0.138 e. The van der Waals surface area contributed by atoms with E-state index >= 15 is 0 Å². The van der Waals surface area contributed by atoms with Crippen LogP contribution in [0.3, 0.4) is 0 Å². The van der Waals surface area contributed by atoms with Crippen LogP contribution in [0.1, 0.15) is 24.8 Å². The molecule has 0 radical (unpaired) electrons. The highest BCUT2D eigenvalue weighted by molar-refractivity contribution is 6.32. The summed E-state index contributed by atoms with van der Waals surface area (Å²) in [4.78, 5) is 5.07. The Balaban J connectivity index is 1.66. The molecule has 1 atom stereocenters. The van der Waals surface area contributed by atoms with Crippen molar-refractivity contribution in [3.63, 3.8) is 0 Å². The van der Waals surface area contributed by atoms with Gasteiger partial charge in [0.15, 0.2) is 0 Å². The predicted molar refractivity (Wildman–Crippen MR) is 77.6 cm³/mol. The van der Waals surface area contributed by atoms with Gasteiger partial charge in [-0.05, 0) is 25.5 Å². The summed E-state index contributed by atoms with van der Waals surface area (Å²) < 4.78 is 0. The number of halogens is 1. The molecule has 1 N–H and O–H groups in total. The molecule has 2 heterocycles. The normalized spacial score (nSPS) is 25.2. The summed E-state index contributed by atoms with van der Waals surface area (Å²) in [5, 5.41) is 10.4. The number of aromatic hydroxyl groups is 1. The van der Waals surface area contributed by atoms with Crippen molar-refractivity contribution in [1.82, 2.24) is 9.80 Å². The van der Waals surface area contributed by atoms with Crippen LogP contribution in [0.15, 0.2) is 18.2 Å². The molecule has 1 aromatic carbocycles. The van der Waals surface area contributed by atoms with Gasteiger partial charge in [0, 0.05) is 37.8 Å². The number of hydrogen-bond acceptors (Lipinski definition) is 3. The molecule has 2 fully saturated rings. The van der Waals surface area contributed by atoms with Crippen LogP contribution in [0.4, 0.5) is 0 Å². The van der Waals surface area contributed by atoms with E-state index in [0.717, 1.165) is 31.7 Å². The Morgan fingerprint density at radius 3 is 3.00 bits per heavy atom. The molecule has 3 rings (SSSR count). The smallest absolute Gasteiger partial charge is 0.138 e. The van der Waals surface area contributed by atoms with E-state index in [2.05, 4.69) is 9.80 Å². The number of hydrogen-bond donors (Lipinski definition) is 1. The van der Waals surface area contributed by atoms with Crippen LogP contribution in [0.5, 0.6) is 5.75 Å². The maximum absolute atomic E-state index is 9.99. The topological polar surface area (TPSA) is 26.7 Å². The molecule has 3 nitrogen and oxygen atoms in total. The minimum Gasteiger partial charge on any atom is -0.506 e. The van der Waals surface area contributed by atoms with Gasteiger partial charge in [0.1, 0.15) is 5.75 Å². The third kappa shape index (κ3) is 2.88. The second-order valence-corrected chi connectivity index (χ2v) is 6.08. The standard InChI is InChI=1S/C15H21ClN2O/c16-14-6-3-4-12(15(14)19)10-17-8-9-18-7-2-1-5-13(18)11-17/h3-4,6,13,19H,1-2,5,7-11H2. The highest BCUT2D eigenvalue weighted by Crippen LogP contribution is 2.29. The van der Waals surface area contributed by atoms with E-state index in [9.17, 15) is 5.11 Å². The Labute approximate surface area is 119 Å². The summed E-state index contributed by atoms with van der Waals surface area (Å²) in [6.07, 6.45) is 4.03. The molecule has 0 saturated carbocycles. The Kier molecular flexibility index (Phi) is 3.96. The molecule has 0 bridgehead atoms. The molecule has 1 aromatic rings. The van der Waals surface area contributed by atoms with E-state index in [1.807, 2.05) is 12.1 Å². The molecule has 2 aliphatic heterocycles. The molecule has 0 spiro atoms. The second kappa shape index (κ2) is 5.70. The van der Waals surface area contributed by atoms with Gasteiger partial charge in [-0.3, -0.25) is 9.80 Å². The summed E-state index contributed by atoms with van der Waals surface area (Å²) in [6.45, 7) is 5.43. The zero-order valence-corrected chi connectivity index (χ0v) is 11.9. The summed E-state index contributed by atoms with van der Waals surface area (Å²) in [6, 6.07) is 6.33. The van der Waals surface area contributed by atoms with E-state index in [1.54, 1.807) is 6.07 Å². The SMILES string of the molecule is Oc1c(Cl)cccc1CN1CCN2CCCCC2C1. The number of para-hydroxylation sites is 1. The highest BCUT2D eigenvalue weighted by Gasteiger charge is 2.28. The lowest BCUT2D eigenvalue weighted by atomic mass is 9.99. The number of piperazine rings is 1. The summed E-state index contributed by atoms with van der Waals surface area (Å²) in [5.74, 6) is 0.246. The zero-order valence-electron chi connectivity index (χ0n) is 11.2. The van der Waals surface area contributed by atoms with Crippen molar-refractivity contribution >= 4 is 11.6 Å². The van der Waals surface area contributed by atoms with Crippen molar-refractivity contribution in [1.29, 1.82) is 0 Å². The van der Waals surface area contributed by atoms with Crippen LogP contribution in [0, 0.1) is 0 Å². The lowest BCUT2D eigenvalue weighted by Crippen LogP contribution is -2.54. The Morgan fingerprint density at radius 2 is 2.11 bits per heavy atom. The van der Waals surface area contributed by atoms with Crippen LogP contribution in [-0.2, 0) is 6.54 Å². The zero-order chi connectivity index (χ0) is 13.2. The van der Waals surface area contributed by atoms with Crippen LogP contribution < -0.4 is 0 Å². The van der Waals surface area contributed by atoms with Crippen molar-refractivity contribution < 1.29 is 5.11 Å². The van der Waals surface area contributed by atoms with Crippen molar-refractivity contribution in [3.05, 3.63) is 28.8 Å². The minimum atomic E-state index is 0.246. The fourth-order valence-corrected chi connectivity index (χ4v) is 3.49. The van der Waals surface area contributed by atoms with Crippen molar-refractivity contribution in [2.24, 2.45) is 0 Å². The van der Waals surface area contributed by atoms with Gasteiger partial charge >= 0.3 is 0 Å². The van der Waals surface area contributed by atoms with Gasteiger partial charge < -0.3 is 5.11 Å². The number of nitrogens with zero attached hydrogens (tertiary/aromatic N) is 2. The average Bonchev–Trinajstić information content (AvgIpc) is 2.44. The Bertz CT molecular complexity index is 452. The van der Waals surface area contributed by atoms with E-state index in [1.165, 1.54) is 25.8 Å². The first-order chi connectivity index (χ1) is 9.24. The molecule has 19 heavy (non-hydrogen) atoms. The number of piperidine rings is 1. The summed E-state index contributed by atoms with van der Waals surface area (Å²) in [5.41, 5.74) is 0.941.